The molecule has 0 aliphatic carbocycles. The fourth-order valence-electron chi connectivity index (χ4n) is 2.33. The van der Waals surface area contributed by atoms with E-state index in [0.717, 1.165) is 30.5 Å². The summed E-state index contributed by atoms with van der Waals surface area (Å²) in [5.74, 6) is 0. The Morgan fingerprint density at radius 2 is 2.04 bits per heavy atom. The first-order valence-corrected chi connectivity index (χ1v) is 8.64. The highest BCUT2D eigenvalue weighted by Crippen LogP contribution is 2.18. The van der Waals surface area contributed by atoms with Gasteiger partial charge in [0, 0.05) is 18.0 Å². The van der Waals surface area contributed by atoms with E-state index in [-0.39, 0.29) is 6.61 Å². The Kier molecular flexibility index (Phi) is 10.8. The lowest BCUT2D eigenvalue weighted by molar-refractivity contribution is 0.282. The Morgan fingerprint density at radius 3 is 2.72 bits per heavy atom. The number of rotatable bonds is 9. The summed E-state index contributed by atoms with van der Waals surface area (Å²) in [6, 6.07) is 5.32. The van der Waals surface area contributed by atoms with E-state index in [1.165, 1.54) is 18.9 Å². The number of unbranched alkanes of at least 4 members (excludes halogenated alkanes) is 3. The monoisotopic (exact) mass is 342 g/mol. The van der Waals surface area contributed by atoms with Gasteiger partial charge in [0.15, 0.2) is 0 Å². The van der Waals surface area contributed by atoms with E-state index in [1.54, 1.807) is 42.7 Å². The Labute approximate surface area is 150 Å². The van der Waals surface area contributed by atoms with Crippen molar-refractivity contribution in [3.05, 3.63) is 78.7 Å². The average Bonchev–Trinajstić information content (AvgIpc) is 2.64. The number of aromatic nitrogens is 2. The van der Waals surface area contributed by atoms with Gasteiger partial charge in [-0.3, -0.25) is 9.97 Å². The predicted octanol–water partition coefficient (Wildman–Crippen LogP) is 5.27. The van der Waals surface area contributed by atoms with Crippen molar-refractivity contribution in [2.45, 2.75) is 45.6 Å². The standard InChI is InChI=1S/C21H27FN2O/c1-3-5-6-7-12-20-21(19(4-2)11-8-14-22)24-15-9-10-18(17-25)13-16-23-20/h4,8-11,13-16,25H,2-3,5-7,12,17H2,1H3/b10-9?,14-8+,15-9?,16-13?,18-10?,18-13?,19-11+,21-20?,23-16?,23-20?,24-15?,24-21?. The Balaban J connectivity index is 3.38. The zero-order chi connectivity index (χ0) is 18.3. The molecule has 0 radical (unpaired) electrons. The highest BCUT2D eigenvalue weighted by atomic mass is 19.1. The van der Waals surface area contributed by atoms with Gasteiger partial charge in [-0.15, -0.1) is 0 Å². The van der Waals surface area contributed by atoms with Crippen molar-refractivity contribution >= 4 is 5.57 Å². The van der Waals surface area contributed by atoms with Crippen LogP contribution in [0.15, 0.2) is 61.7 Å². The summed E-state index contributed by atoms with van der Waals surface area (Å²) < 4.78 is 12.4. The maximum absolute atomic E-state index is 12.4. The maximum atomic E-state index is 12.4. The van der Waals surface area contributed by atoms with Crippen LogP contribution >= 0.6 is 0 Å². The van der Waals surface area contributed by atoms with Gasteiger partial charge < -0.3 is 5.11 Å². The van der Waals surface area contributed by atoms with Gasteiger partial charge in [0.25, 0.3) is 0 Å². The quantitative estimate of drug-likeness (QED) is 0.491. The molecule has 0 aliphatic rings. The topological polar surface area (TPSA) is 46.0 Å². The lowest BCUT2D eigenvalue weighted by atomic mass is 10.0. The fraction of sp³-hybridized carbons (Fsp3) is 0.333. The molecule has 0 spiro atoms. The summed E-state index contributed by atoms with van der Waals surface area (Å²) in [6.45, 7) is 5.92. The zero-order valence-electron chi connectivity index (χ0n) is 14.9. The molecule has 0 atom stereocenters. The van der Waals surface area contributed by atoms with E-state index in [1.807, 2.05) is 0 Å². The molecule has 25 heavy (non-hydrogen) atoms. The van der Waals surface area contributed by atoms with Crippen LogP contribution in [0.3, 0.4) is 0 Å². The number of aliphatic hydroxyl groups is 1. The minimum absolute atomic E-state index is 0.0577. The molecule has 0 amide bonds. The van der Waals surface area contributed by atoms with Crippen molar-refractivity contribution in [1.82, 2.24) is 9.97 Å². The molecule has 0 aliphatic heterocycles. The molecule has 0 aromatic carbocycles. The second kappa shape index (κ2) is 13.0. The van der Waals surface area contributed by atoms with E-state index >= 15 is 0 Å². The molecule has 3 nitrogen and oxygen atoms in total. The molecular weight excluding hydrogens is 315 g/mol. The van der Waals surface area contributed by atoms with Crippen LogP contribution in [0.1, 0.15) is 49.6 Å². The average molecular weight is 342 g/mol. The highest BCUT2D eigenvalue weighted by molar-refractivity contribution is 5.73. The molecule has 1 rings (SSSR count). The molecule has 0 bridgehead atoms. The number of halogens is 1. The maximum Gasteiger partial charge on any atom is 0.0916 e. The van der Waals surface area contributed by atoms with Crippen molar-refractivity contribution in [3.63, 3.8) is 0 Å². The molecule has 1 aromatic heterocycles. The molecule has 1 heterocycles. The number of nitrogens with zero attached hydrogens (tertiary/aromatic N) is 2. The van der Waals surface area contributed by atoms with Crippen molar-refractivity contribution < 1.29 is 9.50 Å². The molecule has 134 valence electrons. The molecule has 1 N–H and O–H groups in total. The van der Waals surface area contributed by atoms with Crippen LogP contribution in [0.4, 0.5) is 4.39 Å². The van der Waals surface area contributed by atoms with Crippen LogP contribution < -0.4 is 0 Å². The third-order valence-corrected chi connectivity index (χ3v) is 3.68. The molecule has 0 unspecified atom stereocenters. The highest BCUT2D eigenvalue weighted by Gasteiger charge is 2.06. The first-order valence-electron chi connectivity index (χ1n) is 8.64. The third kappa shape index (κ3) is 7.86. The molecule has 1 aromatic rings. The minimum Gasteiger partial charge on any atom is -0.392 e. The largest absolute Gasteiger partial charge is 0.392 e. The van der Waals surface area contributed by atoms with E-state index in [4.69, 9.17) is 0 Å². The van der Waals surface area contributed by atoms with E-state index in [2.05, 4.69) is 23.5 Å². The first kappa shape index (κ1) is 20.7. The van der Waals surface area contributed by atoms with Gasteiger partial charge >= 0.3 is 0 Å². The molecular formula is C21H27FN2O. The smallest absolute Gasteiger partial charge is 0.0916 e. The van der Waals surface area contributed by atoms with Gasteiger partial charge in [0.1, 0.15) is 0 Å². The van der Waals surface area contributed by atoms with Crippen LogP contribution in [0.5, 0.6) is 0 Å². The lowest BCUT2D eigenvalue weighted by Crippen LogP contribution is -1.98. The van der Waals surface area contributed by atoms with E-state index in [9.17, 15) is 9.50 Å². The lowest BCUT2D eigenvalue weighted by Gasteiger charge is -2.06. The summed E-state index contributed by atoms with van der Waals surface area (Å²) >= 11 is 0. The SMILES string of the molecule is C=C/C(=C\C=C\F)c1ncccc(CO)ccnc1CCCCCC. The Bertz CT molecular complexity index is 652. The van der Waals surface area contributed by atoms with E-state index < -0.39 is 0 Å². The Hall–Kier alpha value is -2.33. The van der Waals surface area contributed by atoms with E-state index in [0.29, 0.717) is 17.6 Å². The molecule has 0 saturated carbocycles. The van der Waals surface area contributed by atoms with Crippen LogP contribution in [0.2, 0.25) is 0 Å². The van der Waals surface area contributed by atoms with Gasteiger partial charge in [-0.25, -0.2) is 4.39 Å². The second-order valence-corrected chi connectivity index (χ2v) is 5.57. The third-order valence-electron chi connectivity index (χ3n) is 3.68. The van der Waals surface area contributed by atoms with Crippen molar-refractivity contribution in [1.29, 1.82) is 0 Å². The molecule has 4 heteroatoms. The summed E-state index contributed by atoms with van der Waals surface area (Å²) in [4.78, 5) is 9.06. The first-order chi connectivity index (χ1) is 12.3. The number of hydrogen-bond acceptors (Lipinski definition) is 3. The predicted molar refractivity (Wildman–Crippen MR) is 102 cm³/mol. The van der Waals surface area contributed by atoms with Gasteiger partial charge in [-0.2, -0.15) is 0 Å². The zero-order valence-corrected chi connectivity index (χ0v) is 14.9. The van der Waals surface area contributed by atoms with Crippen LogP contribution in [-0.2, 0) is 13.0 Å². The van der Waals surface area contributed by atoms with Crippen LogP contribution in [-0.4, -0.2) is 15.1 Å². The normalized spacial score (nSPS) is 11.4. The molecule has 0 saturated heterocycles. The number of aliphatic hydroxyl groups excluding tert-OH is 1. The minimum atomic E-state index is -0.0577. The van der Waals surface area contributed by atoms with Crippen LogP contribution in [0, 0.1) is 0 Å². The molecule has 0 fully saturated rings. The number of hydrogen-bond donors (Lipinski definition) is 1. The van der Waals surface area contributed by atoms with Gasteiger partial charge in [0.2, 0.25) is 0 Å². The van der Waals surface area contributed by atoms with Crippen molar-refractivity contribution in [2.75, 3.05) is 0 Å². The van der Waals surface area contributed by atoms with Gasteiger partial charge in [0.05, 0.1) is 24.3 Å². The summed E-state index contributed by atoms with van der Waals surface area (Å²) in [7, 11) is 0. The Morgan fingerprint density at radius 1 is 1.20 bits per heavy atom. The fourth-order valence-corrected chi connectivity index (χ4v) is 2.33. The van der Waals surface area contributed by atoms with Crippen molar-refractivity contribution in [2.24, 2.45) is 0 Å². The van der Waals surface area contributed by atoms with Crippen LogP contribution in [0.25, 0.3) is 5.57 Å². The van der Waals surface area contributed by atoms with Crippen molar-refractivity contribution in [3.8, 4) is 0 Å². The number of aryl methyl sites for hydroxylation is 1. The summed E-state index contributed by atoms with van der Waals surface area (Å²) in [5.41, 5.74) is 2.98. The van der Waals surface area contributed by atoms with Gasteiger partial charge in [-0.05, 0) is 36.6 Å². The number of allylic oxidation sites excluding steroid dienone is 4. The summed E-state index contributed by atoms with van der Waals surface area (Å²) in [6.07, 6.45) is 13.7. The van der Waals surface area contributed by atoms with Gasteiger partial charge in [-0.1, -0.05) is 51.0 Å². The second-order valence-electron chi connectivity index (χ2n) is 5.57. The summed E-state index contributed by atoms with van der Waals surface area (Å²) in [5, 5.41) is 9.31.